The third kappa shape index (κ3) is 3.05. The zero-order valence-corrected chi connectivity index (χ0v) is 14.5. The third-order valence-corrected chi connectivity index (χ3v) is 5.04. The fourth-order valence-corrected chi connectivity index (χ4v) is 3.48. The van der Waals surface area contributed by atoms with E-state index in [2.05, 4.69) is 0 Å². The van der Waals surface area contributed by atoms with Gasteiger partial charge in [-0.3, -0.25) is 9.59 Å². The van der Waals surface area contributed by atoms with Crippen molar-refractivity contribution < 1.29 is 19.1 Å². The lowest BCUT2D eigenvalue weighted by Crippen LogP contribution is -2.45. The zero-order chi connectivity index (χ0) is 17.3. The molecular formula is C18H24N2O4. The lowest BCUT2D eigenvalue weighted by atomic mass is 9.92. The first-order valence-electron chi connectivity index (χ1n) is 8.30. The fourth-order valence-electron chi connectivity index (χ4n) is 3.48. The van der Waals surface area contributed by atoms with Gasteiger partial charge < -0.3 is 19.3 Å². The smallest absolute Gasteiger partial charge is 0.226 e. The highest BCUT2D eigenvalue weighted by molar-refractivity contribution is 5.87. The van der Waals surface area contributed by atoms with Crippen LogP contribution in [0.15, 0.2) is 12.1 Å². The summed E-state index contributed by atoms with van der Waals surface area (Å²) in [6, 6.07) is 3.95. The van der Waals surface area contributed by atoms with Crippen molar-refractivity contribution in [1.29, 1.82) is 0 Å². The van der Waals surface area contributed by atoms with Gasteiger partial charge in [0.25, 0.3) is 0 Å². The van der Waals surface area contributed by atoms with Crippen molar-refractivity contribution in [1.82, 2.24) is 9.80 Å². The lowest BCUT2D eigenvalue weighted by Gasteiger charge is -2.35. The van der Waals surface area contributed by atoms with Crippen LogP contribution in [0.4, 0.5) is 0 Å². The summed E-state index contributed by atoms with van der Waals surface area (Å²) in [4.78, 5) is 28.2. The van der Waals surface area contributed by atoms with Crippen molar-refractivity contribution >= 4 is 11.8 Å². The second-order valence-corrected chi connectivity index (χ2v) is 6.49. The van der Waals surface area contributed by atoms with Gasteiger partial charge >= 0.3 is 0 Å². The maximum atomic E-state index is 12.8. The van der Waals surface area contributed by atoms with Gasteiger partial charge in [-0.1, -0.05) is 0 Å². The average Bonchev–Trinajstić information content (AvgIpc) is 2.61. The monoisotopic (exact) mass is 332 g/mol. The Morgan fingerprint density at radius 1 is 1.12 bits per heavy atom. The minimum absolute atomic E-state index is 0.0587. The molecule has 0 aromatic heterocycles. The van der Waals surface area contributed by atoms with E-state index in [1.807, 2.05) is 17.0 Å². The van der Waals surface area contributed by atoms with Crippen LogP contribution in [-0.2, 0) is 22.6 Å². The molecule has 130 valence electrons. The van der Waals surface area contributed by atoms with E-state index < -0.39 is 0 Å². The quantitative estimate of drug-likeness (QED) is 0.841. The minimum Gasteiger partial charge on any atom is -0.493 e. The molecule has 0 spiro atoms. The number of methoxy groups -OCH3 is 2. The largest absolute Gasteiger partial charge is 0.493 e. The molecule has 24 heavy (non-hydrogen) atoms. The van der Waals surface area contributed by atoms with Crippen LogP contribution in [0.25, 0.3) is 0 Å². The highest BCUT2D eigenvalue weighted by Crippen LogP contribution is 2.34. The van der Waals surface area contributed by atoms with Gasteiger partial charge in [-0.2, -0.15) is 0 Å². The van der Waals surface area contributed by atoms with Crippen LogP contribution >= 0.6 is 0 Å². The molecule has 1 aromatic carbocycles. The summed E-state index contributed by atoms with van der Waals surface area (Å²) in [7, 11) is 5.03. The maximum Gasteiger partial charge on any atom is 0.226 e. The van der Waals surface area contributed by atoms with Crippen molar-refractivity contribution in [2.45, 2.75) is 25.8 Å². The molecule has 3 rings (SSSR count). The topological polar surface area (TPSA) is 59.1 Å². The molecule has 1 fully saturated rings. The molecule has 2 heterocycles. The van der Waals surface area contributed by atoms with E-state index >= 15 is 0 Å². The number of hydrogen-bond donors (Lipinski definition) is 0. The van der Waals surface area contributed by atoms with Gasteiger partial charge in [0.1, 0.15) is 0 Å². The van der Waals surface area contributed by atoms with E-state index in [-0.39, 0.29) is 17.7 Å². The SMILES string of the molecule is COc1cc2c(cc1OC)CN(C(=O)[C@@H]1CCN(C)C(=O)C1)CC2. The van der Waals surface area contributed by atoms with E-state index in [0.29, 0.717) is 31.8 Å². The van der Waals surface area contributed by atoms with Crippen LogP contribution in [0.5, 0.6) is 11.5 Å². The summed E-state index contributed by atoms with van der Waals surface area (Å²) < 4.78 is 10.7. The minimum atomic E-state index is -0.185. The Labute approximate surface area is 142 Å². The number of piperidine rings is 1. The molecule has 0 saturated carbocycles. The van der Waals surface area contributed by atoms with Crippen molar-refractivity contribution in [3.8, 4) is 11.5 Å². The number of carbonyl (C=O) groups excluding carboxylic acids is 2. The van der Waals surface area contributed by atoms with Crippen LogP contribution in [0, 0.1) is 5.92 Å². The Hall–Kier alpha value is -2.24. The van der Waals surface area contributed by atoms with Crippen molar-refractivity contribution in [2.75, 3.05) is 34.4 Å². The number of carbonyl (C=O) groups is 2. The van der Waals surface area contributed by atoms with E-state index in [1.165, 1.54) is 5.56 Å². The Morgan fingerprint density at radius 3 is 2.42 bits per heavy atom. The normalized spacial score (nSPS) is 20.6. The lowest BCUT2D eigenvalue weighted by molar-refractivity contribution is -0.145. The second kappa shape index (κ2) is 6.71. The third-order valence-electron chi connectivity index (χ3n) is 5.04. The number of hydrogen-bond acceptors (Lipinski definition) is 4. The van der Waals surface area contributed by atoms with Gasteiger partial charge in [-0.05, 0) is 36.1 Å². The molecular weight excluding hydrogens is 308 g/mol. The first-order chi connectivity index (χ1) is 11.5. The number of rotatable bonds is 3. The van der Waals surface area contributed by atoms with Gasteiger partial charge in [-0.25, -0.2) is 0 Å². The Kier molecular flexibility index (Phi) is 4.64. The summed E-state index contributed by atoms with van der Waals surface area (Å²) in [6.07, 6.45) is 1.86. The molecule has 6 nitrogen and oxygen atoms in total. The molecule has 1 aromatic rings. The van der Waals surface area contributed by atoms with Gasteiger partial charge in [0, 0.05) is 39.0 Å². The van der Waals surface area contributed by atoms with E-state index in [9.17, 15) is 9.59 Å². The van der Waals surface area contributed by atoms with Crippen molar-refractivity contribution in [3.63, 3.8) is 0 Å². The number of ether oxygens (including phenoxy) is 2. The number of fused-ring (bicyclic) bond motifs is 1. The molecule has 2 aliphatic heterocycles. The summed E-state index contributed by atoms with van der Waals surface area (Å²) >= 11 is 0. The standard InChI is InChI=1S/C18H24N2O4/c1-19-6-4-13(10-17(19)21)18(22)20-7-5-12-8-15(23-2)16(24-3)9-14(12)11-20/h8-9,13H,4-7,10-11H2,1-3H3/t13-/m1/s1. The molecule has 2 aliphatic rings. The van der Waals surface area contributed by atoms with Crippen molar-refractivity contribution in [2.24, 2.45) is 5.92 Å². The number of benzene rings is 1. The zero-order valence-electron chi connectivity index (χ0n) is 14.5. The molecule has 0 aliphatic carbocycles. The maximum absolute atomic E-state index is 12.8. The molecule has 0 unspecified atom stereocenters. The van der Waals surface area contributed by atoms with Crippen LogP contribution in [0.3, 0.4) is 0 Å². The molecule has 0 radical (unpaired) electrons. The summed E-state index contributed by atoms with van der Waals surface area (Å²) in [6.45, 7) is 1.90. The molecule has 2 amide bonds. The number of nitrogens with zero attached hydrogens (tertiary/aromatic N) is 2. The molecule has 0 bridgehead atoms. The first kappa shape index (κ1) is 16.6. The Bertz CT molecular complexity index is 659. The van der Waals surface area contributed by atoms with Crippen LogP contribution < -0.4 is 9.47 Å². The number of likely N-dealkylation sites (tertiary alicyclic amines) is 1. The summed E-state index contributed by atoms with van der Waals surface area (Å²) in [5.74, 6) is 1.37. The Balaban J connectivity index is 1.75. The van der Waals surface area contributed by atoms with E-state index in [1.54, 1.807) is 26.2 Å². The number of amides is 2. The first-order valence-corrected chi connectivity index (χ1v) is 8.30. The predicted octanol–water partition coefficient (Wildman–Crippen LogP) is 1.46. The fraction of sp³-hybridized carbons (Fsp3) is 0.556. The van der Waals surface area contributed by atoms with Crippen LogP contribution in [0.1, 0.15) is 24.0 Å². The van der Waals surface area contributed by atoms with E-state index in [0.717, 1.165) is 24.2 Å². The highest BCUT2D eigenvalue weighted by atomic mass is 16.5. The molecule has 1 atom stereocenters. The second-order valence-electron chi connectivity index (χ2n) is 6.49. The van der Waals surface area contributed by atoms with E-state index in [4.69, 9.17) is 9.47 Å². The van der Waals surface area contributed by atoms with Crippen LogP contribution in [-0.4, -0.2) is 56.0 Å². The Morgan fingerprint density at radius 2 is 1.79 bits per heavy atom. The molecule has 1 saturated heterocycles. The van der Waals surface area contributed by atoms with Gasteiger partial charge in [0.15, 0.2) is 11.5 Å². The predicted molar refractivity (Wildman–Crippen MR) is 89.0 cm³/mol. The van der Waals surface area contributed by atoms with Gasteiger partial charge in [0.05, 0.1) is 14.2 Å². The molecule has 0 N–H and O–H groups in total. The van der Waals surface area contributed by atoms with Gasteiger partial charge in [-0.15, -0.1) is 0 Å². The summed E-state index contributed by atoms with van der Waals surface area (Å²) in [5.41, 5.74) is 2.28. The van der Waals surface area contributed by atoms with Gasteiger partial charge in [0.2, 0.25) is 11.8 Å². The highest BCUT2D eigenvalue weighted by Gasteiger charge is 2.33. The van der Waals surface area contributed by atoms with Crippen molar-refractivity contribution in [3.05, 3.63) is 23.3 Å². The summed E-state index contributed by atoms with van der Waals surface area (Å²) in [5, 5.41) is 0. The molecule has 6 heteroatoms. The average molecular weight is 332 g/mol. The van der Waals surface area contributed by atoms with Crippen LogP contribution in [0.2, 0.25) is 0 Å².